The maximum absolute atomic E-state index is 5.44. The maximum atomic E-state index is 5.44. The number of hydrogen-bond donors (Lipinski definition) is 0. The van der Waals surface area contributed by atoms with Crippen molar-refractivity contribution in [3.63, 3.8) is 0 Å². The first-order valence-corrected chi connectivity index (χ1v) is 25.5. The van der Waals surface area contributed by atoms with E-state index in [0.29, 0.717) is 17.5 Å². The Labute approximate surface area is 431 Å². The second kappa shape index (κ2) is 17.8. The molecule has 10 aromatic carbocycles. The van der Waals surface area contributed by atoms with Gasteiger partial charge in [0.05, 0.1) is 33.4 Å². The Morgan fingerprint density at radius 3 is 1.16 bits per heavy atom. The zero-order chi connectivity index (χ0) is 50.2. The Hall–Kier alpha value is -9.19. The van der Waals surface area contributed by atoms with Crippen molar-refractivity contribution in [2.45, 2.75) is 41.5 Å². The van der Waals surface area contributed by atoms with Crippen LogP contribution in [0.25, 0.3) is 123 Å². The molecule has 0 N–H and O–H groups in total. The van der Waals surface area contributed by atoms with Gasteiger partial charge in [0, 0.05) is 43.8 Å². The summed E-state index contributed by atoms with van der Waals surface area (Å²) in [5.74, 6) is 1.81. The largest absolute Gasteiger partial charge is 0.309 e. The highest BCUT2D eigenvalue weighted by Crippen LogP contribution is 2.44. The number of aromatic nitrogens is 5. The maximum Gasteiger partial charge on any atom is 0.166 e. The predicted octanol–water partition coefficient (Wildman–Crippen LogP) is 17.9. The zero-order valence-electron chi connectivity index (χ0n) is 42.4. The van der Waals surface area contributed by atoms with Crippen molar-refractivity contribution < 1.29 is 0 Å². The molecule has 0 fully saturated rings. The molecule has 0 radical (unpaired) electrons. The summed E-state index contributed by atoms with van der Waals surface area (Å²) in [4.78, 5) is 16.0. The first-order valence-electron chi connectivity index (χ1n) is 25.5. The lowest BCUT2D eigenvalue weighted by atomic mass is 9.91. The van der Waals surface area contributed by atoms with Gasteiger partial charge < -0.3 is 9.13 Å². The van der Waals surface area contributed by atoms with Crippen LogP contribution in [-0.4, -0.2) is 24.1 Å². The highest BCUT2D eigenvalue weighted by molar-refractivity contribution is 6.13. The van der Waals surface area contributed by atoms with E-state index in [4.69, 9.17) is 15.0 Å². The van der Waals surface area contributed by atoms with Gasteiger partial charge in [-0.2, -0.15) is 0 Å². The Bertz CT molecular complexity index is 4090. The van der Waals surface area contributed by atoms with Gasteiger partial charge in [-0.1, -0.05) is 169 Å². The molecular weight excluding hydrogens is 899 g/mol. The average molecular weight is 952 g/mol. The topological polar surface area (TPSA) is 48.5 Å². The number of fused-ring (bicyclic) bond motifs is 6. The molecule has 0 atom stereocenters. The van der Waals surface area contributed by atoms with Crippen molar-refractivity contribution in [2.24, 2.45) is 0 Å². The highest BCUT2D eigenvalue weighted by atomic mass is 15.1. The fourth-order valence-electron chi connectivity index (χ4n) is 12.0. The molecule has 0 saturated heterocycles. The molecular formula is C69H53N5. The molecule has 5 heteroatoms. The normalized spacial score (nSPS) is 11.6. The summed E-state index contributed by atoms with van der Waals surface area (Å²) < 4.78 is 4.85. The van der Waals surface area contributed by atoms with E-state index in [0.717, 1.165) is 61.3 Å². The van der Waals surface area contributed by atoms with Gasteiger partial charge in [-0.05, 0) is 146 Å². The molecule has 3 aromatic heterocycles. The minimum absolute atomic E-state index is 0.587. The van der Waals surface area contributed by atoms with Crippen LogP contribution in [0.1, 0.15) is 33.4 Å². The number of rotatable bonds is 8. The molecule has 0 aliphatic rings. The summed E-state index contributed by atoms with van der Waals surface area (Å²) in [5, 5.41) is 4.80. The van der Waals surface area contributed by atoms with Crippen molar-refractivity contribution in [1.29, 1.82) is 0 Å². The van der Waals surface area contributed by atoms with Crippen LogP contribution >= 0.6 is 0 Å². The first kappa shape index (κ1) is 44.7. The van der Waals surface area contributed by atoms with Gasteiger partial charge in [-0.25, -0.2) is 15.0 Å². The van der Waals surface area contributed by atoms with Crippen molar-refractivity contribution in [3.05, 3.63) is 246 Å². The van der Waals surface area contributed by atoms with E-state index in [1.54, 1.807) is 0 Å². The molecule has 13 rings (SSSR count). The van der Waals surface area contributed by atoms with E-state index in [2.05, 4.69) is 227 Å². The van der Waals surface area contributed by atoms with Crippen molar-refractivity contribution >= 4 is 43.6 Å². The SMILES string of the molecule is Cc1cc(C)c(-c2ccc3c(c2)c2cc(-c4c(C)cc(C)cc4C)ccc2n3-c2ccc(-c3ccccc3-n3c4ccccc4c4ccccc43)cc2-c2nc(-c3ccccc3)nc(-c3ccccc3)n2)c(C)c1. The lowest BCUT2D eigenvalue weighted by molar-refractivity contribution is 1.06. The van der Waals surface area contributed by atoms with Gasteiger partial charge in [-0.3, -0.25) is 0 Å². The van der Waals surface area contributed by atoms with Gasteiger partial charge in [0.15, 0.2) is 17.5 Å². The third-order valence-corrected chi connectivity index (χ3v) is 14.9. The summed E-state index contributed by atoms with van der Waals surface area (Å²) in [6.07, 6.45) is 0. The lowest BCUT2D eigenvalue weighted by Gasteiger charge is -2.18. The first-order chi connectivity index (χ1) is 36.2. The summed E-state index contributed by atoms with van der Waals surface area (Å²) >= 11 is 0. The molecule has 3 heterocycles. The molecule has 13 aromatic rings. The van der Waals surface area contributed by atoms with Gasteiger partial charge in [0.25, 0.3) is 0 Å². The fraction of sp³-hybridized carbons (Fsp3) is 0.0870. The number of nitrogens with zero attached hydrogens (tertiary/aromatic N) is 5. The summed E-state index contributed by atoms with van der Waals surface area (Å²) in [7, 11) is 0. The van der Waals surface area contributed by atoms with Crippen molar-refractivity contribution in [3.8, 4) is 78.9 Å². The van der Waals surface area contributed by atoms with Crippen LogP contribution in [0.15, 0.2) is 212 Å². The second-order valence-electron chi connectivity index (χ2n) is 20.0. The van der Waals surface area contributed by atoms with E-state index < -0.39 is 0 Å². The van der Waals surface area contributed by atoms with Crippen LogP contribution in [0, 0.1) is 41.5 Å². The molecule has 0 amide bonds. The predicted molar refractivity (Wildman–Crippen MR) is 310 cm³/mol. The number of hydrogen-bond acceptors (Lipinski definition) is 3. The van der Waals surface area contributed by atoms with E-state index in [1.165, 1.54) is 77.2 Å². The molecule has 0 spiro atoms. The molecule has 74 heavy (non-hydrogen) atoms. The second-order valence-corrected chi connectivity index (χ2v) is 20.0. The van der Waals surface area contributed by atoms with Crippen molar-refractivity contribution in [1.82, 2.24) is 24.1 Å². The highest BCUT2D eigenvalue weighted by Gasteiger charge is 2.24. The number of benzene rings is 10. The zero-order valence-corrected chi connectivity index (χ0v) is 42.4. The molecule has 0 saturated carbocycles. The van der Waals surface area contributed by atoms with Crippen LogP contribution in [0.5, 0.6) is 0 Å². The van der Waals surface area contributed by atoms with E-state index in [-0.39, 0.29) is 0 Å². The number of aryl methyl sites for hydroxylation is 6. The molecule has 354 valence electrons. The lowest BCUT2D eigenvalue weighted by Crippen LogP contribution is -2.04. The molecule has 5 nitrogen and oxygen atoms in total. The van der Waals surface area contributed by atoms with Crippen molar-refractivity contribution in [2.75, 3.05) is 0 Å². The van der Waals surface area contributed by atoms with Crippen LogP contribution in [0.2, 0.25) is 0 Å². The van der Waals surface area contributed by atoms with Gasteiger partial charge in [0.1, 0.15) is 0 Å². The minimum atomic E-state index is 0.587. The van der Waals surface area contributed by atoms with Gasteiger partial charge in [-0.15, -0.1) is 0 Å². The molecule has 0 unspecified atom stereocenters. The summed E-state index contributed by atoms with van der Waals surface area (Å²) in [6, 6.07) is 76.8. The standard InChI is InChI=1S/C69H53N5/c1-42-35-44(3)65(45(4)36-42)51-30-33-62-56(40-51)57-41-52(66-46(5)37-43(2)38-47(66)6)31-34-63(57)74(62)64-32-29-50(53-23-13-16-26-59(53)73-60-27-17-14-24-54(60)55-25-15-18-28-61(55)73)39-58(64)69-71-67(48-19-9-7-10-20-48)70-68(72-69)49-21-11-8-12-22-49/h7-41H,1-6H3. The van der Waals surface area contributed by atoms with Gasteiger partial charge >= 0.3 is 0 Å². The minimum Gasteiger partial charge on any atom is -0.309 e. The Kier molecular flexibility index (Phi) is 10.8. The fourth-order valence-corrected chi connectivity index (χ4v) is 12.0. The van der Waals surface area contributed by atoms with Crippen LogP contribution < -0.4 is 0 Å². The van der Waals surface area contributed by atoms with E-state index >= 15 is 0 Å². The third kappa shape index (κ3) is 7.51. The van der Waals surface area contributed by atoms with Crippen LogP contribution in [0.3, 0.4) is 0 Å². The Morgan fingerprint density at radius 2 is 0.662 bits per heavy atom. The van der Waals surface area contributed by atoms with Crippen LogP contribution in [-0.2, 0) is 0 Å². The number of para-hydroxylation sites is 3. The Balaban J connectivity index is 1.12. The van der Waals surface area contributed by atoms with Crippen LogP contribution in [0.4, 0.5) is 0 Å². The summed E-state index contributed by atoms with van der Waals surface area (Å²) in [6.45, 7) is 13.3. The Morgan fingerprint density at radius 1 is 0.270 bits per heavy atom. The molecule has 0 aliphatic carbocycles. The third-order valence-electron chi connectivity index (χ3n) is 14.9. The van der Waals surface area contributed by atoms with E-state index in [9.17, 15) is 0 Å². The average Bonchev–Trinajstić information content (AvgIpc) is 3.95. The molecule has 0 aliphatic heterocycles. The smallest absolute Gasteiger partial charge is 0.166 e. The van der Waals surface area contributed by atoms with Gasteiger partial charge in [0.2, 0.25) is 0 Å². The summed E-state index contributed by atoms with van der Waals surface area (Å²) in [5.41, 5.74) is 24.0. The molecule has 0 bridgehead atoms. The monoisotopic (exact) mass is 951 g/mol. The quantitative estimate of drug-likeness (QED) is 0.152. The van der Waals surface area contributed by atoms with E-state index in [1.807, 2.05) is 36.4 Å².